The first-order valence-electron chi connectivity index (χ1n) is 16.0. The van der Waals surface area contributed by atoms with Gasteiger partial charge in [-0.15, -0.1) is 0 Å². The van der Waals surface area contributed by atoms with Gasteiger partial charge < -0.3 is 20.1 Å². The predicted molar refractivity (Wildman–Crippen MR) is 173 cm³/mol. The van der Waals surface area contributed by atoms with E-state index < -0.39 is 6.10 Å². The minimum atomic E-state index is -0.507. The van der Waals surface area contributed by atoms with Gasteiger partial charge in [-0.3, -0.25) is 9.80 Å². The molecule has 6 heteroatoms. The van der Waals surface area contributed by atoms with E-state index in [2.05, 4.69) is 101 Å². The van der Waals surface area contributed by atoms with Crippen LogP contribution in [0, 0.1) is 5.92 Å². The molecule has 3 atom stereocenters. The number of β-amino-alcohol motifs (C(OH)–C–C–N with tert-alkyl or cyclic N) is 1. The second-order valence-corrected chi connectivity index (χ2v) is 12.3. The van der Waals surface area contributed by atoms with Gasteiger partial charge in [0.05, 0.1) is 0 Å². The van der Waals surface area contributed by atoms with E-state index in [1.807, 2.05) is 12.1 Å². The topological polar surface area (TPSA) is 51.2 Å². The number of ether oxygens (including phenoxy) is 1. The van der Waals surface area contributed by atoms with Gasteiger partial charge in [-0.25, -0.2) is 0 Å². The Morgan fingerprint density at radius 2 is 1.57 bits per heavy atom. The van der Waals surface area contributed by atoms with Crippen molar-refractivity contribution < 1.29 is 9.84 Å². The summed E-state index contributed by atoms with van der Waals surface area (Å²) in [6.07, 6.45) is 3.20. The fourth-order valence-electron chi connectivity index (χ4n) is 6.36. The Morgan fingerprint density at radius 1 is 0.857 bits per heavy atom. The Morgan fingerprint density at radius 3 is 2.26 bits per heavy atom. The summed E-state index contributed by atoms with van der Waals surface area (Å²) in [4.78, 5) is 7.33. The summed E-state index contributed by atoms with van der Waals surface area (Å²) in [5.41, 5.74) is 5.26. The molecule has 2 N–H and O–H groups in total. The van der Waals surface area contributed by atoms with Gasteiger partial charge in [-0.1, -0.05) is 68.4 Å². The lowest BCUT2D eigenvalue weighted by Crippen LogP contribution is -2.49. The number of piperazine rings is 1. The number of nitrogens with zero attached hydrogens (tertiary/aromatic N) is 3. The van der Waals surface area contributed by atoms with E-state index in [0.29, 0.717) is 13.2 Å². The highest BCUT2D eigenvalue weighted by atomic mass is 16.5. The SMILES string of the molecule is CCC(NCc1ccc(CN2CCCC(C)C2)cc1)c1ccc(OCC(O)CN2CCN(c3ccccc3)CC2)cc1. The molecule has 2 saturated heterocycles. The molecule has 0 saturated carbocycles. The number of rotatable bonds is 13. The Labute approximate surface area is 253 Å². The van der Waals surface area contributed by atoms with Gasteiger partial charge in [-0.2, -0.15) is 0 Å². The van der Waals surface area contributed by atoms with Crippen LogP contribution in [0.4, 0.5) is 5.69 Å². The number of para-hydroxylation sites is 1. The molecule has 0 spiro atoms. The predicted octanol–water partition coefficient (Wildman–Crippen LogP) is 5.72. The van der Waals surface area contributed by atoms with Gasteiger partial charge in [0.25, 0.3) is 0 Å². The summed E-state index contributed by atoms with van der Waals surface area (Å²) in [5.74, 6) is 1.62. The molecule has 2 aliphatic rings. The summed E-state index contributed by atoms with van der Waals surface area (Å²) < 4.78 is 5.96. The van der Waals surface area contributed by atoms with E-state index in [9.17, 15) is 5.11 Å². The first kappa shape index (κ1) is 30.6. The van der Waals surface area contributed by atoms with Gasteiger partial charge in [0.15, 0.2) is 0 Å². The maximum atomic E-state index is 10.6. The fourth-order valence-corrected chi connectivity index (χ4v) is 6.36. The van der Waals surface area contributed by atoms with Crippen LogP contribution in [0.15, 0.2) is 78.9 Å². The van der Waals surface area contributed by atoms with Crippen molar-refractivity contribution in [3.05, 3.63) is 95.6 Å². The summed E-state index contributed by atoms with van der Waals surface area (Å²) in [6, 6.07) is 28.3. The molecule has 0 aromatic heterocycles. The van der Waals surface area contributed by atoms with E-state index in [4.69, 9.17) is 4.74 Å². The average Bonchev–Trinajstić information content (AvgIpc) is 3.02. The molecule has 6 nitrogen and oxygen atoms in total. The number of hydrogen-bond donors (Lipinski definition) is 2. The number of aliphatic hydroxyl groups excluding tert-OH is 1. The highest BCUT2D eigenvalue weighted by Gasteiger charge is 2.20. The number of piperidine rings is 1. The first-order chi connectivity index (χ1) is 20.6. The second kappa shape index (κ2) is 15.5. The Kier molecular flexibility index (Phi) is 11.3. The van der Waals surface area contributed by atoms with Gasteiger partial charge >= 0.3 is 0 Å². The third-order valence-electron chi connectivity index (χ3n) is 8.82. The Balaban J connectivity index is 1.02. The Hall–Kier alpha value is -2.90. The number of benzene rings is 3. The number of aliphatic hydroxyl groups is 1. The minimum Gasteiger partial charge on any atom is -0.491 e. The zero-order valence-electron chi connectivity index (χ0n) is 25.6. The summed E-state index contributed by atoms with van der Waals surface area (Å²) in [5, 5.41) is 14.4. The van der Waals surface area contributed by atoms with Crippen LogP contribution in [-0.2, 0) is 13.1 Å². The minimum absolute atomic E-state index is 0.286. The van der Waals surface area contributed by atoms with Gasteiger partial charge in [-0.05, 0) is 72.7 Å². The monoisotopic (exact) mass is 570 g/mol. The normalized spacial score (nSPS) is 19.9. The molecule has 2 aliphatic heterocycles. The molecular weight excluding hydrogens is 520 g/mol. The molecule has 3 unspecified atom stereocenters. The van der Waals surface area contributed by atoms with Crippen molar-refractivity contribution in [2.45, 2.75) is 58.3 Å². The van der Waals surface area contributed by atoms with Crippen molar-refractivity contribution in [3.8, 4) is 5.75 Å². The van der Waals surface area contributed by atoms with E-state index in [-0.39, 0.29) is 6.04 Å². The smallest absolute Gasteiger partial charge is 0.119 e. The molecule has 226 valence electrons. The third-order valence-corrected chi connectivity index (χ3v) is 8.82. The van der Waals surface area contributed by atoms with Crippen molar-refractivity contribution >= 4 is 5.69 Å². The molecule has 3 aromatic rings. The molecule has 2 fully saturated rings. The summed E-state index contributed by atoms with van der Waals surface area (Å²) in [7, 11) is 0. The van der Waals surface area contributed by atoms with Crippen LogP contribution < -0.4 is 15.0 Å². The van der Waals surface area contributed by atoms with Gasteiger partial charge in [0.2, 0.25) is 0 Å². The van der Waals surface area contributed by atoms with Gasteiger partial charge in [0.1, 0.15) is 18.5 Å². The molecule has 2 heterocycles. The average molecular weight is 571 g/mol. The Bertz CT molecular complexity index is 1180. The molecule has 5 rings (SSSR count). The standard InChI is InChI=1S/C36H50N4O2/c1-3-36(37-24-30-11-13-31(14-12-30)26-39-19-7-8-29(2)25-39)32-15-17-35(18-16-32)42-28-34(41)27-38-20-22-40(23-21-38)33-9-5-4-6-10-33/h4-6,9-18,29,34,36-37,41H,3,7-8,19-28H2,1-2H3. The number of nitrogens with one attached hydrogen (secondary N) is 1. The van der Waals surface area contributed by atoms with Crippen LogP contribution in [0.2, 0.25) is 0 Å². The molecule has 42 heavy (non-hydrogen) atoms. The third kappa shape index (κ3) is 9.05. The van der Waals surface area contributed by atoms with Crippen LogP contribution in [0.3, 0.4) is 0 Å². The lowest BCUT2D eigenvalue weighted by Gasteiger charge is -2.36. The van der Waals surface area contributed by atoms with Crippen molar-refractivity contribution in [1.29, 1.82) is 0 Å². The van der Waals surface area contributed by atoms with Crippen LogP contribution in [-0.4, -0.2) is 73.4 Å². The molecule has 0 amide bonds. The van der Waals surface area contributed by atoms with Crippen LogP contribution in [0.25, 0.3) is 0 Å². The number of likely N-dealkylation sites (tertiary alicyclic amines) is 1. The highest BCUT2D eigenvalue weighted by molar-refractivity contribution is 5.46. The van der Waals surface area contributed by atoms with E-state index in [1.54, 1.807) is 0 Å². The summed E-state index contributed by atoms with van der Waals surface area (Å²) in [6.45, 7) is 13.8. The van der Waals surface area contributed by atoms with Crippen molar-refractivity contribution in [3.63, 3.8) is 0 Å². The van der Waals surface area contributed by atoms with E-state index in [1.165, 1.54) is 48.3 Å². The molecular formula is C36H50N4O2. The molecule has 3 aromatic carbocycles. The van der Waals surface area contributed by atoms with E-state index >= 15 is 0 Å². The van der Waals surface area contributed by atoms with E-state index in [0.717, 1.165) is 57.4 Å². The fraction of sp³-hybridized carbons (Fsp3) is 0.500. The molecule has 0 radical (unpaired) electrons. The zero-order valence-corrected chi connectivity index (χ0v) is 25.6. The first-order valence-corrected chi connectivity index (χ1v) is 16.0. The highest BCUT2D eigenvalue weighted by Crippen LogP contribution is 2.22. The largest absolute Gasteiger partial charge is 0.491 e. The zero-order chi connectivity index (χ0) is 29.1. The molecule has 0 bridgehead atoms. The number of hydrogen-bond acceptors (Lipinski definition) is 6. The van der Waals surface area contributed by atoms with Crippen LogP contribution >= 0.6 is 0 Å². The lowest BCUT2D eigenvalue weighted by molar-refractivity contribution is 0.0663. The molecule has 0 aliphatic carbocycles. The quantitative estimate of drug-likeness (QED) is 0.274. The summed E-state index contributed by atoms with van der Waals surface area (Å²) >= 11 is 0. The van der Waals surface area contributed by atoms with Crippen molar-refractivity contribution in [2.24, 2.45) is 5.92 Å². The van der Waals surface area contributed by atoms with Crippen LogP contribution in [0.1, 0.15) is 55.8 Å². The maximum Gasteiger partial charge on any atom is 0.119 e. The van der Waals surface area contributed by atoms with Gasteiger partial charge in [0, 0.05) is 64.1 Å². The lowest BCUT2D eigenvalue weighted by atomic mass is 9.99. The maximum absolute atomic E-state index is 10.6. The van der Waals surface area contributed by atoms with Crippen molar-refractivity contribution in [1.82, 2.24) is 15.1 Å². The number of anilines is 1. The second-order valence-electron chi connectivity index (χ2n) is 12.3. The van der Waals surface area contributed by atoms with Crippen LogP contribution in [0.5, 0.6) is 5.75 Å². The van der Waals surface area contributed by atoms with Crippen molar-refractivity contribution in [2.75, 3.05) is 57.3 Å².